The standard InChI is InChI=1S/C11H14N2O4S/c1-17-10(15)13-9-12-6-8(18-9)11(16)4-2-7(14)3-5-11/h6,16H,2-5H2,1H3,(H,12,13,15). The topological polar surface area (TPSA) is 88.5 Å². The largest absolute Gasteiger partial charge is 0.453 e. The first kappa shape index (κ1) is 13.0. The van der Waals surface area contributed by atoms with Gasteiger partial charge in [-0.3, -0.25) is 10.1 Å². The lowest BCUT2D eigenvalue weighted by Crippen LogP contribution is -2.30. The van der Waals surface area contributed by atoms with Crippen LogP contribution < -0.4 is 5.32 Å². The molecule has 0 aromatic carbocycles. The van der Waals surface area contributed by atoms with Crippen molar-refractivity contribution < 1.29 is 19.4 Å². The zero-order valence-corrected chi connectivity index (χ0v) is 10.7. The molecule has 0 bridgehead atoms. The molecule has 0 spiro atoms. The van der Waals surface area contributed by atoms with Crippen molar-refractivity contribution in [2.24, 2.45) is 0 Å². The van der Waals surface area contributed by atoms with E-state index in [0.717, 1.165) is 0 Å². The molecule has 0 unspecified atom stereocenters. The molecule has 1 aliphatic carbocycles. The number of carbonyl (C=O) groups excluding carboxylic acids is 2. The average Bonchev–Trinajstić information content (AvgIpc) is 2.82. The van der Waals surface area contributed by atoms with Crippen molar-refractivity contribution in [3.8, 4) is 0 Å². The normalized spacial score (nSPS) is 18.4. The first-order valence-electron chi connectivity index (χ1n) is 5.59. The van der Waals surface area contributed by atoms with Crippen LogP contribution in [0.15, 0.2) is 6.20 Å². The molecule has 98 valence electrons. The van der Waals surface area contributed by atoms with E-state index in [4.69, 9.17) is 0 Å². The van der Waals surface area contributed by atoms with Gasteiger partial charge in [-0.05, 0) is 12.8 Å². The lowest BCUT2D eigenvalue weighted by Gasteiger charge is -2.29. The van der Waals surface area contributed by atoms with Crippen LogP contribution in [0.25, 0.3) is 0 Å². The number of carbonyl (C=O) groups is 2. The molecule has 1 fully saturated rings. The van der Waals surface area contributed by atoms with Crippen molar-refractivity contribution in [1.82, 2.24) is 4.98 Å². The van der Waals surface area contributed by atoms with E-state index in [-0.39, 0.29) is 5.78 Å². The van der Waals surface area contributed by atoms with E-state index in [2.05, 4.69) is 15.0 Å². The number of hydrogen-bond donors (Lipinski definition) is 2. The van der Waals surface area contributed by atoms with Gasteiger partial charge in [0, 0.05) is 19.0 Å². The summed E-state index contributed by atoms with van der Waals surface area (Å²) >= 11 is 1.20. The maximum atomic E-state index is 11.2. The van der Waals surface area contributed by atoms with Gasteiger partial charge in [0.2, 0.25) is 0 Å². The van der Waals surface area contributed by atoms with Gasteiger partial charge >= 0.3 is 6.09 Å². The number of nitrogens with one attached hydrogen (secondary N) is 1. The van der Waals surface area contributed by atoms with Crippen molar-refractivity contribution in [2.45, 2.75) is 31.3 Å². The van der Waals surface area contributed by atoms with Gasteiger partial charge in [0.05, 0.1) is 12.0 Å². The summed E-state index contributed by atoms with van der Waals surface area (Å²) in [5.74, 6) is 0.178. The Morgan fingerprint density at radius 1 is 1.56 bits per heavy atom. The molecule has 1 heterocycles. The Morgan fingerprint density at radius 2 is 2.22 bits per heavy atom. The molecule has 1 saturated carbocycles. The highest BCUT2D eigenvalue weighted by Gasteiger charge is 2.35. The van der Waals surface area contributed by atoms with Crippen LogP contribution in [0, 0.1) is 0 Å². The van der Waals surface area contributed by atoms with E-state index in [1.807, 2.05) is 0 Å². The Labute approximate surface area is 108 Å². The van der Waals surface area contributed by atoms with Crippen molar-refractivity contribution in [3.63, 3.8) is 0 Å². The molecule has 7 heteroatoms. The third kappa shape index (κ3) is 2.68. The maximum Gasteiger partial charge on any atom is 0.413 e. The molecule has 1 amide bonds. The van der Waals surface area contributed by atoms with Gasteiger partial charge in [0.15, 0.2) is 5.13 Å². The highest BCUT2D eigenvalue weighted by Crippen LogP contribution is 2.39. The third-order valence-electron chi connectivity index (χ3n) is 2.99. The number of rotatable bonds is 2. The van der Waals surface area contributed by atoms with Crippen molar-refractivity contribution in [3.05, 3.63) is 11.1 Å². The molecular formula is C11H14N2O4S. The number of ether oxygens (including phenoxy) is 1. The SMILES string of the molecule is COC(=O)Nc1ncc(C2(O)CCC(=O)CC2)s1. The van der Waals surface area contributed by atoms with E-state index >= 15 is 0 Å². The van der Waals surface area contributed by atoms with Gasteiger partial charge in [0.25, 0.3) is 0 Å². The maximum absolute atomic E-state index is 11.2. The number of anilines is 1. The van der Waals surface area contributed by atoms with Gasteiger partial charge in [-0.25, -0.2) is 9.78 Å². The van der Waals surface area contributed by atoms with E-state index in [1.54, 1.807) is 0 Å². The van der Waals surface area contributed by atoms with Crippen LogP contribution in [0.4, 0.5) is 9.93 Å². The minimum atomic E-state index is -0.998. The first-order valence-corrected chi connectivity index (χ1v) is 6.40. The first-order chi connectivity index (χ1) is 8.53. The van der Waals surface area contributed by atoms with Crippen molar-refractivity contribution in [1.29, 1.82) is 0 Å². The molecule has 0 atom stereocenters. The number of ketones is 1. The molecule has 2 N–H and O–H groups in total. The minimum absolute atomic E-state index is 0.178. The summed E-state index contributed by atoms with van der Waals surface area (Å²) in [6.45, 7) is 0. The van der Waals surface area contributed by atoms with Gasteiger partial charge in [-0.2, -0.15) is 0 Å². The molecule has 18 heavy (non-hydrogen) atoms. The Morgan fingerprint density at radius 3 is 2.83 bits per heavy atom. The Bertz CT molecular complexity index is 461. The minimum Gasteiger partial charge on any atom is -0.453 e. The highest BCUT2D eigenvalue weighted by molar-refractivity contribution is 7.15. The molecule has 2 rings (SSSR count). The second kappa shape index (κ2) is 5.03. The molecule has 6 nitrogen and oxygen atoms in total. The Balaban J connectivity index is 2.09. The van der Waals surface area contributed by atoms with Gasteiger partial charge in [-0.1, -0.05) is 11.3 Å². The summed E-state index contributed by atoms with van der Waals surface area (Å²) in [7, 11) is 1.27. The van der Waals surface area contributed by atoms with Crippen LogP contribution in [0.5, 0.6) is 0 Å². The number of amides is 1. The Hall–Kier alpha value is -1.47. The Kier molecular flexibility index (Phi) is 3.63. The van der Waals surface area contributed by atoms with Crippen LogP contribution >= 0.6 is 11.3 Å². The number of methoxy groups -OCH3 is 1. The monoisotopic (exact) mass is 270 g/mol. The average molecular weight is 270 g/mol. The summed E-state index contributed by atoms with van der Waals surface area (Å²) in [4.78, 5) is 26.9. The molecule has 1 aromatic heterocycles. The zero-order valence-electron chi connectivity index (χ0n) is 9.93. The zero-order chi connectivity index (χ0) is 13.2. The fourth-order valence-corrected chi connectivity index (χ4v) is 2.82. The predicted molar refractivity (Wildman–Crippen MR) is 65.5 cm³/mol. The number of hydrogen-bond acceptors (Lipinski definition) is 6. The lowest BCUT2D eigenvalue weighted by atomic mass is 9.83. The van der Waals surface area contributed by atoms with Crippen molar-refractivity contribution in [2.75, 3.05) is 12.4 Å². The lowest BCUT2D eigenvalue weighted by molar-refractivity contribution is -0.125. The molecule has 1 aromatic rings. The number of thiazole rings is 1. The molecular weight excluding hydrogens is 256 g/mol. The van der Waals surface area contributed by atoms with Gasteiger partial charge in [-0.15, -0.1) is 0 Å². The van der Waals surface area contributed by atoms with Gasteiger partial charge in [0.1, 0.15) is 11.4 Å². The summed E-state index contributed by atoms with van der Waals surface area (Å²) in [6.07, 6.45) is 2.52. The number of aliphatic hydroxyl groups is 1. The van der Waals surface area contributed by atoms with E-state index < -0.39 is 11.7 Å². The molecule has 0 saturated heterocycles. The van der Waals surface area contributed by atoms with Crippen LogP contribution in [0.3, 0.4) is 0 Å². The van der Waals surface area contributed by atoms with Crippen LogP contribution in [-0.2, 0) is 15.1 Å². The second-order valence-electron chi connectivity index (χ2n) is 4.22. The quantitative estimate of drug-likeness (QED) is 0.853. The predicted octanol–water partition coefficient (Wildman–Crippen LogP) is 1.65. The van der Waals surface area contributed by atoms with E-state index in [0.29, 0.717) is 35.7 Å². The molecule has 0 radical (unpaired) electrons. The van der Waals surface area contributed by atoms with E-state index in [1.165, 1.54) is 24.6 Å². The summed E-state index contributed by atoms with van der Waals surface area (Å²) in [5, 5.41) is 13.3. The number of Topliss-reactive ketones (excluding diaryl/α,β-unsaturated/α-hetero) is 1. The summed E-state index contributed by atoms with van der Waals surface area (Å²) < 4.78 is 4.46. The molecule has 0 aliphatic heterocycles. The highest BCUT2D eigenvalue weighted by atomic mass is 32.1. The summed E-state index contributed by atoms with van der Waals surface area (Å²) in [6, 6.07) is 0. The molecule has 1 aliphatic rings. The van der Waals surface area contributed by atoms with E-state index in [9.17, 15) is 14.7 Å². The van der Waals surface area contributed by atoms with Crippen molar-refractivity contribution >= 4 is 28.3 Å². The van der Waals surface area contributed by atoms with Crippen LogP contribution in [0.2, 0.25) is 0 Å². The fraction of sp³-hybridized carbons (Fsp3) is 0.545. The number of nitrogens with zero attached hydrogens (tertiary/aromatic N) is 1. The third-order valence-corrected chi connectivity index (χ3v) is 4.10. The fourth-order valence-electron chi connectivity index (χ4n) is 1.87. The smallest absolute Gasteiger partial charge is 0.413 e. The van der Waals surface area contributed by atoms with Crippen LogP contribution in [-0.4, -0.2) is 29.1 Å². The summed E-state index contributed by atoms with van der Waals surface area (Å²) in [5.41, 5.74) is -0.998. The number of aromatic nitrogens is 1. The van der Waals surface area contributed by atoms with Crippen LogP contribution in [0.1, 0.15) is 30.6 Å². The second-order valence-corrected chi connectivity index (χ2v) is 5.25. The van der Waals surface area contributed by atoms with Gasteiger partial charge < -0.3 is 9.84 Å².